The first kappa shape index (κ1) is 25.6. The summed E-state index contributed by atoms with van der Waals surface area (Å²) in [6.45, 7) is 1.89. The lowest BCUT2D eigenvalue weighted by Crippen LogP contribution is -2.44. The number of rotatable bonds is 11. The van der Waals surface area contributed by atoms with Crippen LogP contribution in [0, 0.1) is 11.6 Å². The van der Waals surface area contributed by atoms with Crippen molar-refractivity contribution in [1.29, 1.82) is 0 Å². The highest BCUT2D eigenvalue weighted by Gasteiger charge is 2.21. The highest BCUT2D eigenvalue weighted by Crippen LogP contribution is 2.31. The lowest BCUT2D eigenvalue weighted by atomic mass is 10.1. The molecule has 3 rings (SSSR count). The van der Waals surface area contributed by atoms with Crippen LogP contribution in [-0.4, -0.2) is 29.9 Å². The number of nitrogens with one attached hydrogen (secondary N) is 2. The Bertz CT molecular complexity index is 1120. The maximum Gasteiger partial charge on any atom is 0.248 e. The van der Waals surface area contributed by atoms with Gasteiger partial charge in [0.25, 0.3) is 0 Å². The average Bonchev–Trinajstić information content (AvgIpc) is 3.24. The van der Waals surface area contributed by atoms with Gasteiger partial charge >= 0.3 is 0 Å². The van der Waals surface area contributed by atoms with Crippen molar-refractivity contribution in [2.75, 3.05) is 12.4 Å². The topological polar surface area (TPSA) is 80.3 Å². The van der Waals surface area contributed by atoms with Gasteiger partial charge in [-0.25, -0.2) is 13.8 Å². The second kappa shape index (κ2) is 12.5. The number of thiazole rings is 1. The van der Waals surface area contributed by atoms with Gasteiger partial charge in [-0.1, -0.05) is 36.8 Å². The summed E-state index contributed by atoms with van der Waals surface area (Å²) < 4.78 is 32.9. The Kier molecular flexibility index (Phi) is 9.41. The van der Waals surface area contributed by atoms with Gasteiger partial charge < -0.3 is 15.4 Å². The lowest BCUT2D eigenvalue weighted by Gasteiger charge is -2.17. The summed E-state index contributed by atoms with van der Waals surface area (Å²) in [7, 11) is 1.62. The van der Waals surface area contributed by atoms with Crippen LogP contribution in [0.15, 0.2) is 52.9 Å². The van der Waals surface area contributed by atoms with Crippen LogP contribution in [0.2, 0.25) is 0 Å². The van der Waals surface area contributed by atoms with Crippen molar-refractivity contribution in [3.63, 3.8) is 0 Å². The molecule has 0 aliphatic carbocycles. The number of methoxy groups -OCH3 is 1. The number of amides is 2. The Hall–Kier alpha value is -2.98. The van der Waals surface area contributed by atoms with E-state index in [1.54, 1.807) is 25.1 Å². The first-order valence-corrected chi connectivity index (χ1v) is 12.4. The molecule has 0 aliphatic heterocycles. The number of anilines is 1. The molecule has 6 nitrogen and oxygen atoms in total. The van der Waals surface area contributed by atoms with Crippen molar-refractivity contribution >= 4 is 40.0 Å². The number of hydrogen-bond donors (Lipinski definition) is 2. The molecule has 34 heavy (non-hydrogen) atoms. The highest BCUT2D eigenvalue weighted by molar-refractivity contribution is 8.00. The van der Waals surface area contributed by atoms with Crippen LogP contribution < -0.4 is 15.4 Å². The molecule has 0 saturated carbocycles. The molecule has 1 unspecified atom stereocenters. The van der Waals surface area contributed by atoms with Crippen LogP contribution in [0.1, 0.15) is 30.9 Å². The standard InChI is InChI=1S/C24H25F2N3O3S2/c1-3-5-20(28-21(30)11-16-8-17(25)12-18(26)9-16)23(31)29-24-27-13-22(34-24)33-14-15-6-4-7-19(10-15)32-2/h4,6-10,12-13,20H,3,5,11,14H2,1-2H3,(H,28,30)(H,27,29,31). The second-order valence-corrected chi connectivity index (χ2v) is 9.78. The van der Waals surface area contributed by atoms with Gasteiger partial charge in [0.2, 0.25) is 11.8 Å². The molecular weight excluding hydrogens is 480 g/mol. The van der Waals surface area contributed by atoms with Crippen molar-refractivity contribution in [3.8, 4) is 5.75 Å². The van der Waals surface area contributed by atoms with Gasteiger partial charge in [-0.3, -0.25) is 9.59 Å². The van der Waals surface area contributed by atoms with Gasteiger partial charge in [-0.05, 0) is 41.8 Å². The number of thioether (sulfide) groups is 1. The van der Waals surface area contributed by atoms with Crippen molar-refractivity contribution in [3.05, 3.63) is 71.4 Å². The van der Waals surface area contributed by atoms with Gasteiger partial charge in [0.1, 0.15) is 23.4 Å². The number of carbonyl (C=O) groups excluding carboxylic acids is 2. The molecule has 180 valence electrons. The van der Waals surface area contributed by atoms with Gasteiger partial charge in [0, 0.05) is 11.8 Å². The fourth-order valence-electron chi connectivity index (χ4n) is 3.19. The van der Waals surface area contributed by atoms with E-state index in [1.807, 2.05) is 31.2 Å². The fraction of sp³-hybridized carbons (Fsp3) is 0.292. The molecule has 3 aromatic rings. The number of halogens is 2. The van der Waals surface area contributed by atoms with Crippen molar-refractivity contribution in [1.82, 2.24) is 10.3 Å². The van der Waals surface area contributed by atoms with Crippen molar-refractivity contribution in [2.24, 2.45) is 0 Å². The minimum atomic E-state index is -0.785. The third-order valence-electron chi connectivity index (χ3n) is 4.75. The van der Waals surface area contributed by atoms with E-state index in [1.165, 1.54) is 11.3 Å². The number of ether oxygens (including phenoxy) is 1. The van der Waals surface area contributed by atoms with E-state index in [2.05, 4.69) is 15.6 Å². The summed E-state index contributed by atoms with van der Waals surface area (Å²) in [5.74, 6) is -0.875. The van der Waals surface area contributed by atoms with Crippen LogP contribution in [0.25, 0.3) is 0 Å². The second-order valence-electron chi connectivity index (χ2n) is 7.48. The number of carbonyl (C=O) groups is 2. The largest absolute Gasteiger partial charge is 0.497 e. The molecular formula is C24H25F2N3O3S2. The van der Waals surface area contributed by atoms with E-state index in [9.17, 15) is 18.4 Å². The smallest absolute Gasteiger partial charge is 0.248 e. The monoisotopic (exact) mass is 505 g/mol. The minimum Gasteiger partial charge on any atom is -0.497 e. The molecule has 2 aromatic carbocycles. The molecule has 0 saturated heterocycles. The molecule has 0 aliphatic rings. The lowest BCUT2D eigenvalue weighted by molar-refractivity contribution is -0.126. The van der Waals surface area contributed by atoms with Crippen LogP contribution in [0.3, 0.4) is 0 Å². The molecule has 0 spiro atoms. The van der Waals surface area contributed by atoms with E-state index < -0.39 is 23.6 Å². The van der Waals surface area contributed by atoms with Crippen molar-refractivity contribution in [2.45, 2.75) is 42.2 Å². The SMILES string of the molecule is CCCC(NC(=O)Cc1cc(F)cc(F)c1)C(=O)Nc1ncc(SCc2cccc(OC)c2)s1. The molecule has 0 bridgehead atoms. The van der Waals surface area contributed by atoms with E-state index in [4.69, 9.17) is 4.74 Å². The Morgan fingerprint density at radius 2 is 1.91 bits per heavy atom. The zero-order valence-corrected chi connectivity index (χ0v) is 20.4. The molecule has 10 heteroatoms. The Labute approximate surface area is 205 Å². The predicted octanol–water partition coefficient (Wildman–Crippen LogP) is 5.19. The van der Waals surface area contributed by atoms with Gasteiger partial charge in [-0.2, -0.15) is 0 Å². The summed E-state index contributed by atoms with van der Waals surface area (Å²) >= 11 is 2.93. The predicted molar refractivity (Wildman–Crippen MR) is 130 cm³/mol. The van der Waals surface area contributed by atoms with Crippen LogP contribution >= 0.6 is 23.1 Å². The Morgan fingerprint density at radius 3 is 2.62 bits per heavy atom. The molecule has 1 aromatic heterocycles. The summed E-state index contributed by atoms with van der Waals surface area (Å²) in [5, 5.41) is 5.84. The average molecular weight is 506 g/mol. The number of benzene rings is 2. The summed E-state index contributed by atoms with van der Waals surface area (Å²) in [5.41, 5.74) is 1.30. The van der Waals surface area contributed by atoms with Crippen molar-refractivity contribution < 1.29 is 23.1 Å². The molecule has 2 amide bonds. The summed E-state index contributed by atoms with van der Waals surface area (Å²) in [6.07, 6.45) is 2.53. The molecule has 2 N–H and O–H groups in total. The first-order chi connectivity index (χ1) is 16.4. The molecule has 0 fully saturated rings. The number of hydrogen-bond acceptors (Lipinski definition) is 6. The van der Waals surface area contributed by atoms with E-state index in [-0.39, 0.29) is 17.9 Å². The molecule has 0 radical (unpaired) electrons. The fourth-order valence-corrected chi connectivity index (χ4v) is 5.01. The van der Waals surface area contributed by atoms with E-state index >= 15 is 0 Å². The minimum absolute atomic E-state index is 0.197. The zero-order valence-electron chi connectivity index (χ0n) is 18.8. The third kappa shape index (κ3) is 7.81. The van der Waals surface area contributed by atoms with Gasteiger partial charge in [0.05, 0.1) is 23.9 Å². The quantitative estimate of drug-likeness (QED) is 0.351. The van der Waals surface area contributed by atoms with Crippen LogP contribution in [0.5, 0.6) is 5.75 Å². The van der Waals surface area contributed by atoms with E-state index in [0.717, 1.165) is 39.5 Å². The van der Waals surface area contributed by atoms with Gasteiger partial charge in [0.15, 0.2) is 5.13 Å². The zero-order chi connectivity index (χ0) is 24.5. The van der Waals surface area contributed by atoms with Gasteiger partial charge in [-0.15, -0.1) is 11.8 Å². The summed E-state index contributed by atoms with van der Waals surface area (Å²) in [6, 6.07) is 9.94. The molecule has 1 heterocycles. The maximum absolute atomic E-state index is 13.4. The van der Waals surface area contributed by atoms with Crippen LogP contribution in [-0.2, 0) is 21.8 Å². The number of nitrogens with zero attached hydrogens (tertiary/aromatic N) is 1. The Morgan fingerprint density at radius 1 is 1.15 bits per heavy atom. The maximum atomic E-state index is 13.4. The Balaban J connectivity index is 1.55. The highest BCUT2D eigenvalue weighted by atomic mass is 32.2. The third-order valence-corrected chi connectivity index (χ3v) is 6.92. The molecule has 1 atom stereocenters. The van der Waals surface area contributed by atoms with Crippen LogP contribution in [0.4, 0.5) is 13.9 Å². The number of aromatic nitrogens is 1. The normalized spacial score (nSPS) is 11.6. The first-order valence-electron chi connectivity index (χ1n) is 10.6. The van der Waals surface area contributed by atoms with E-state index in [0.29, 0.717) is 18.0 Å². The summed E-state index contributed by atoms with van der Waals surface area (Å²) in [4.78, 5) is 29.4.